The topological polar surface area (TPSA) is 35.6 Å². The Labute approximate surface area is 111 Å². The normalized spacial score (nSPS) is 22.1. The quantitative estimate of drug-likeness (QED) is 0.799. The molecule has 0 bridgehead atoms. The van der Waals surface area contributed by atoms with E-state index in [0.29, 0.717) is 6.04 Å². The van der Waals surface area contributed by atoms with Crippen molar-refractivity contribution in [3.8, 4) is 0 Å². The molecule has 0 saturated carbocycles. The predicted octanol–water partition coefficient (Wildman–Crippen LogP) is 0.600. The molecule has 4 nitrogen and oxygen atoms in total. The number of carbonyl (C=O) groups excluding carboxylic acids is 1. The van der Waals surface area contributed by atoms with Gasteiger partial charge in [-0.1, -0.05) is 0 Å². The second kappa shape index (κ2) is 8.12. The molecule has 0 aromatic rings. The molecular formula is C10H23Cl2N3O. The van der Waals surface area contributed by atoms with Gasteiger partial charge in [0, 0.05) is 25.7 Å². The standard InChI is InChI=1S/C10H21N3O.2ClH/c1-8-7-13(6-5-11-8)10(14)9(2)12(3)4;;/h8-9,11H,5-7H2,1-4H3;2*1H/t8-,9-;;/m0../s1. The van der Waals surface area contributed by atoms with Crippen molar-refractivity contribution in [2.75, 3.05) is 33.7 Å². The van der Waals surface area contributed by atoms with Crippen molar-refractivity contribution in [1.29, 1.82) is 0 Å². The average Bonchev–Trinajstić information content (AvgIpc) is 2.15. The molecule has 6 heteroatoms. The summed E-state index contributed by atoms with van der Waals surface area (Å²) in [4.78, 5) is 15.8. The highest BCUT2D eigenvalue weighted by molar-refractivity contribution is 5.85. The lowest BCUT2D eigenvalue weighted by molar-refractivity contribution is -0.136. The molecule has 0 radical (unpaired) electrons. The summed E-state index contributed by atoms with van der Waals surface area (Å²) in [5.41, 5.74) is 0. The average molecular weight is 272 g/mol. The SMILES string of the molecule is C[C@H]1CN(C(=O)[C@H](C)N(C)C)CCN1.Cl.Cl. The van der Waals surface area contributed by atoms with Crippen LogP contribution in [0.4, 0.5) is 0 Å². The van der Waals surface area contributed by atoms with Gasteiger partial charge in [0.2, 0.25) is 5.91 Å². The van der Waals surface area contributed by atoms with Crippen LogP contribution in [0.5, 0.6) is 0 Å². The molecule has 0 aromatic heterocycles. The van der Waals surface area contributed by atoms with Crippen molar-refractivity contribution in [3.05, 3.63) is 0 Å². The highest BCUT2D eigenvalue weighted by atomic mass is 35.5. The van der Waals surface area contributed by atoms with Crippen LogP contribution in [0.25, 0.3) is 0 Å². The first-order valence-corrected chi connectivity index (χ1v) is 5.21. The highest BCUT2D eigenvalue weighted by Crippen LogP contribution is 2.04. The van der Waals surface area contributed by atoms with Gasteiger partial charge < -0.3 is 10.2 Å². The zero-order chi connectivity index (χ0) is 10.7. The van der Waals surface area contributed by atoms with Gasteiger partial charge in [-0.05, 0) is 27.9 Å². The lowest BCUT2D eigenvalue weighted by atomic mass is 10.2. The number of amides is 1. The van der Waals surface area contributed by atoms with Crippen LogP contribution in [-0.2, 0) is 4.79 Å². The fourth-order valence-corrected chi connectivity index (χ4v) is 1.62. The Balaban J connectivity index is 0. The van der Waals surface area contributed by atoms with Gasteiger partial charge >= 0.3 is 0 Å². The molecule has 1 heterocycles. The van der Waals surface area contributed by atoms with Crippen molar-refractivity contribution in [2.45, 2.75) is 25.9 Å². The number of likely N-dealkylation sites (N-methyl/N-ethyl adjacent to an activating group) is 1. The number of rotatable bonds is 2. The Morgan fingerprint density at radius 1 is 1.44 bits per heavy atom. The molecule has 16 heavy (non-hydrogen) atoms. The van der Waals surface area contributed by atoms with Gasteiger partial charge in [-0.25, -0.2) is 0 Å². The van der Waals surface area contributed by atoms with Gasteiger partial charge in [0.05, 0.1) is 6.04 Å². The van der Waals surface area contributed by atoms with E-state index in [9.17, 15) is 4.79 Å². The first kappa shape index (κ1) is 18.3. The van der Waals surface area contributed by atoms with Gasteiger partial charge in [0.25, 0.3) is 0 Å². The van der Waals surface area contributed by atoms with E-state index in [1.54, 1.807) is 0 Å². The van der Waals surface area contributed by atoms with Crippen LogP contribution in [0.15, 0.2) is 0 Å². The van der Waals surface area contributed by atoms with Crippen molar-refractivity contribution in [1.82, 2.24) is 15.1 Å². The zero-order valence-corrected chi connectivity index (χ0v) is 12.0. The van der Waals surface area contributed by atoms with Gasteiger partial charge in [0.15, 0.2) is 0 Å². The molecule has 2 atom stereocenters. The molecule has 0 aromatic carbocycles. The molecule has 98 valence electrons. The highest BCUT2D eigenvalue weighted by Gasteiger charge is 2.25. The summed E-state index contributed by atoms with van der Waals surface area (Å²) < 4.78 is 0. The van der Waals surface area contributed by atoms with E-state index < -0.39 is 0 Å². The van der Waals surface area contributed by atoms with Crippen LogP contribution in [0.2, 0.25) is 0 Å². The van der Waals surface area contributed by atoms with Crippen molar-refractivity contribution < 1.29 is 4.79 Å². The molecule has 1 rings (SSSR count). The van der Waals surface area contributed by atoms with E-state index in [4.69, 9.17) is 0 Å². The number of halogens is 2. The van der Waals surface area contributed by atoms with Crippen LogP contribution in [0.3, 0.4) is 0 Å². The number of hydrogen-bond acceptors (Lipinski definition) is 3. The Kier molecular flexibility index (Phi) is 9.30. The fraction of sp³-hybridized carbons (Fsp3) is 0.900. The Morgan fingerprint density at radius 3 is 2.44 bits per heavy atom. The van der Waals surface area contributed by atoms with E-state index in [-0.39, 0.29) is 36.8 Å². The predicted molar refractivity (Wildman–Crippen MR) is 71.7 cm³/mol. The van der Waals surface area contributed by atoms with Gasteiger partial charge in [-0.3, -0.25) is 9.69 Å². The molecular weight excluding hydrogens is 249 g/mol. The Bertz CT molecular complexity index is 214. The lowest BCUT2D eigenvalue weighted by Crippen LogP contribution is -2.55. The van der Waals surface area contributed by atoms with Crippen molar-refractivity contribution in [3.63, 3.8) is 0 Å². The molecule has 0 aliphatic carbocycles. The summed E-state index contributed by atoms with van der Waals surface area (Å²) in [7, 11) is 3.88. The number of piperazine rings is 1. The first-order chi connectivity index (χ1) is 6.52. The Hall–Kier alpha value is -0.0300. The second-order valence-electron chi connectivity index (χ2n) is 4.28. The maximum absolute atomic E-state index is 11.9. The number of carbonyl (C=O) groups is 1. The third-order valence-electron chi connectivity index (χ3n) is 2.81. The molecule has 1 N–H and O–H groups in total. The summed E-state index contributed by atoms with van der Waals surface area (Å²) >= 11 is 0. The first-order valence-electron chi connectivity index (χ1n) is 5.21. The van der Waals surface area contributed by atoms with Crippen molar-refractivity contribution in [2.24, 2.45) is 0 Å². The summed E-state index contributed by atoms with van der Waals surface area (Å²) in [5.74, 6) is 0.239. The maximum Gasteiger partial charge on any atom is 0.239 e. The minimum atomic E-state index is -0.0136. The third kappa shape index (κ3) is 4.87. The largest absolute Gasteiger partial charge is 0.339 e. The molecule has 1 saturated heterocycles. The van der Waals surface area contributed by atoms with Crippen LogP contribution in [0, 0.1) is 0 Å². The van der Waals surface area contributed by atoms with Crippen LogP contribution >= 0.6 is 24.8 Å². The van der Waals surface area contributed by atoms with E-state index in [0.717, 1.165) is 19.6 Å². The number of hydrogen-bond donors (Lipinski definition) is 1. The van der Waals surface area contributed by atoms with Crippen LogP contribution < -0.4 is 5.32 Å². The molecule has 1 aliphatic heterocycles. The van der Waals surface area contributed by atoms with Crippen LogP contribution in [-0.4, -0.2) is 61.5 Å². The zero-order valence-electron chi connectivity index (χ0n) is 10.4. The smallest absolute Gasteiger partial charge is 0.239 e. The molecule has 1 amide bonds. The van der Waals surface area contributed by atoms with E-state index >= 15 is 0 Å². The van der Waals surface area contributed by atoms with Gasteiger partial charge in [-0.2, -0.15) is 0 Å². The summed E-state index contributed by atoms with van der Waals surface area (Å²) in [5, 5.41) is 3.33. The molecule has 1 fully saturated rings. The number of nitrogens with zero attached hydrogens (tertiary/aromatic N) is 2. The fourth-order valence-electron chi connectivity index (χ4n) is 1.62. The van der Waals surface area contributed by atoms with Crippen molar-refractivity contribution >= 4 is 30.7 Å². The van der Waals surface area contributed by atoms with E-state index in [1.807, 2.05) is 30.8 Å². The minimum Gasteiger partial charge on any atom is -0.339 e. The monoisotopic (exact) mass is 271 g/mol. The maximum atomic E-state index is 11.9. The summed E-state index contributed by atoms with van der Waals surface area (Å²) in [6.45, 7) is 6.64. The second-order valence-corrected chi connectivity index (χ2v) is 4.28. The van der Waals surface area contributed by atoms with Gasteiger partial charge in [0.1, 0.15) is 0 Å². The summed E-state index contributed by atoms with van der Waals surface area (Å²) in [6.07, 6.45) is 0. The van der Waals surface area contributed by atoms with Gasteiger partial charge in [-0.15, -0.1) is 24.8 Å². The van der Waals surface area contributed by atoms with Crippen LogP contribution in [0.1, 0.15) is 13.8 Å². The molecule has 0 unspecified atom stereocenters. The Morgan fingerprint density at radius 2 is 2.00 bits per heavy atom. The van der Waals surface area contributed by atoms with E-state index in [1.165, 1.54) is 0 Å². The van der Waals surface area contributed by atoms with E-state index in [2.05, 4.69) is 12.2 Å². The summed E-state index contributed by atoms with van der Waals surface area (Å²) in [6, 6.07) is 0.405. The minimum absolute atomic E-state index is 0. The third-order valence-corrected chi connectivity index (χ3v) is 2.81. The lowest BCUT2D eigenvalue weighted by Gasteiger charge is -2.34. The molecule has 1 aliphatic rings. The molecule has 0 spiro atoms. The number of nitrogens with one attached hydrogen (secondary N) is 1.